The molecule has 0 atom stereocenters. The monoisotopic (exact) mass is 450 g/mol. The molecule has 1 saturated heterocycles. The minimum absolute atomic E-state index is 0.0314. The van der Waals surface area contributed by atoms with Gasteiger partial charge in [-0.2, -0.15) is 4.31 Å². The number of phenolic OH excluding ortho intramolecular Hbond substituents is 2. The molecule has 0 amide bonds. The average Bonchev–Trinajstić information content (AvgIpc) is 3.10. The van der Waals surface area contributed by atoms with Gasteiger partial charge in [-0.3, -0.25) is 0 Å². The SMILES string of the molecule is O=S(=O)(c1cc(-c2nnc(O)n2-c2ccccc2Cl)c(O)cc1O)N1CCCCC1. The maximum absolute atomic E-state index is 13.1. The Bertz CT molecular complexity index is 1210. The van der Waals surface area contributed by atoms with E-state index in [9.17, 15) is 23.7 Å². The number of nitrogens with zero attached hydrogens (tertiary/aromatic N) is 4. The number of halogens is 1. The maximum atomic E-state index is 13.1. The molecule has 3 N–H and O–H groups in total. The zero-order valence-electron chi connectivity index (χ0n) is 15.7. The molecular formula is C19H19ClN4O5S. The highest BCUT2D eigenvalue weighted by Crippen LogP contribution is 2.40. The summed E-state index contributed by atoms with van der Waals surface area (Å²) in [6.45, 7) is 0.711. The average molecular weight is 451 g/mol. The number of aromatic hydroxyl groups is 3. The normalized spacial score (nSPS) is 15.4. The van der Waals surface area contributed by atoms with Crippen LogP contribution in [0.5, 0.6) is 17.5 Å². The predicted octanol–water partition coefficient (Wildman–Crippen LogP) is 2.88. The molecular weight excluding hydrogens is 432 g/mol. The number of para-hydroxylation sites is 1. The van der Waals surface area contributed by atoms with Crippen LogP contribution in [0.4, 0.5) is 0 Å². The van der Waals surface area contributed by atoms with Gasteiger partial charge in [-0.05, 0) is 31.0 Å². The lowest BCUT2D eigenvalue weighted by molar-refractivity contribution is 0.344. The molecule has 1 aliphatic heterocycles. The Labute approximate surface area is 177 Å². The van der Waals surface area contributed by atoms with E-state index < -0.39 is 27.5 Å². The van der Waals surface area contributed by atoms with Crippen molar-refractivity contribution in [1.82, 2.24) is 19.1 Å². The van der Waals surface area contributed by atoms with Crippen LogP contribution in [0.25, 0.3) is 17.1 Å². The second-order valence-electron chi connectivity index (χ2n) is 6.91. The fourth-order valence-electron chi connectivity index (χ4n) is 3.49. The first-order valence-corrected chi connectivity index (χ1v) is 11.1. The van der Waals surface area contributed by atoms with Gasteiger partial charge in [-0.25, -0.2) is 13.0 Å². The minimum atomic E-state index is -3.99. The molecule has 2 heterocycles. The number of aromatic nitrogens is 3. The van der Waals surface area contributed by atoms with E-state index in [-0.39, 0.29) is 21.3 Å². The molecule has 0 radical (unpaired) electrons. The van der Waals surface area contributed by atoms with Gasteiger partial charge in [-0.15, -0.1) is 5.10 Å². The zero-order valence-corrected chi connectivity index (χ0v) is 17.3. The van der Waals surface area contributed by atoms with Crippen molar-refractivity contribution in [2.45, 2.75) is 24.2 Å². The number of rotatable bonds is 4. The topological polar surface area (TPSA) is 129 Å². The number of piperidine rings is 1. The summed E-state index contributed by atoms with van der Waals surface area (Å²) in [4.78, 5) is -0.356. The molecule has 1 aromatic heterocycles. The lowest BCUT2D eigenvalue weighted by atomic mass is 10.1. The molecule has 0 spiro atoms. The second kappa shape index (κ2) is 7.78. The first-order chi connectivity index (χ1) is 14.3. The summed E-state index contributed by atoms with van der Waals surface area (Å²) >= 11 is 6.22. The van der Waals surface area contributed by atoms with Crippen molar-refractivity contribution >= 4 is 21.6 Å². The zero-order chi connectivity index (χ0) is 21.5. The van der Waals surface area contributed by atoms with Crippen molar-refractivity contribution in [3.05, 3.63) is 41.4 Å². The van der Waals surface area contributed by atoms with Gasteiger partial charge in [0.2, 0.25) is 10.0 Å². The van der Waals surface area contributed by atoms with Gasteiger partial charge >= 0.3 is 6.01 Å². The van der Waals surface area contributed by atoms with Crippen LogP contribution in [0.1, 0.15) is 19.3 Å². The van der Waals surface area contributed by atoms with Crippen LogP contribution in [-0.4, -0.2) is 55.9 Å². The molecule has 0 aliphatic carbocycles. The number of phenols is 2. The quantitative estimate of drug-likeness (QED) is 0.557. The molecule has 30 heavy (non-hydrogen) atoms. The van der Waals surface area contributed by atoms with Gasteiger partial charge in [0.25, 0.3) is 0 Å². The molecule has 1 aliphatic rings. The number of benzene rings is 2. The maximum Gasteiger partial charge on any atom is 0.319 e. The molecule has 158 valence electrons. The van der Waals surface area contributed by atoms with E-state index in [4.69, 9.17) is 11.6 Å². The molecule has 3 aromatic rings. The Balaban J connectivity index is 1.88. The van der Waals surface area contributed by atoms with Gasteiger partial charge in [0.15, 0.2) is 5.82 Å². The van der Waals surface area contributed by atoms with Gasteiger partial charge in [0.05, 0.1) is 16.3 Å². The van der Waals surface area contributed by atoms with E-state index in [1.54, 1.807) is 24.3 Å². The van der Waals surface area contributed by atoms with Gasteiger partial charge in [0, 0.05) is 19.2 Å². The largest absolute Gasteiger partial charge is 0.507 e. The van der Waals surface area contributed by atoms with Crippen LogP contribution < -0.4 is 0 Å². The highest BCUT2D eigenvalue weighted by molar-refractivity contribution is 7.89. The van der Waals surface area contributed by atoms with Crippen molar-refractivity contribution in [2.75, 3.05) is 13.1 Å². The summed E-state index contributed by atoms with van der Waals surface area (Å²) in [6, 6.07) is 8.17. The minimum Gasteiger partial charge on any atom is -0.507 e. The van der Waals surface area contributed by atoms with Gasteiger partial charge in [-0.1, -0.05) is 35.3 Å². The summed E-state index contributed by atoms with van der Waals surface area (Å²) < 4.78 is 28.7. The van der Waals surface area contributed by atoms with Crippen LogP contribution in [0.2, 0.25) is 5.02 Å². The molecule has 0 unspecified atom stereocenters. The lowest BCUT2D eigenvalue weighted by Crippen LogP contribution is -2.35. The molecule has 1 fully saturated rings. The summed E-state index contributed by atoms with van der Waals surface area (Å²) in [7, 11) is -3.99. The summed E-state index contributed by atoms with van der Waals surface area (Å²) in [6.07, 6.45) is 2.42. The van der Waals surface area contributed by atoms with Gasteiger partial charge in [0.1, 0.15) is 16.4 Å². The fourth-order valence-corrected chi connectivity index (χ4v) is 5.32. The first-order valence-electron chi connectivity index (χ1n) is 9.26. The Kier molecular flexibility index (Phi) is 5.31. The van der Waals surface area contributed by atoms with E-state index in [0.29, 0.717) is 18.8 Å². The van der Waals surface area contributed by atoms with Crippen LogP contribution >= 0.6 is 11.6 Å². The third kappa shape index (κ3) is 3.47. The smallest absolute Gasteiger partial charge is 0.319 e. The van der Waals surface area contributed by atoms with Crippen molar-refractivity contribution in [1.29, 1.82) is 0 Å². The van der Waals surface area contributed by atoms with E-state index in [1.165, 1.54) is 8.87 Å². The molecule has 0 saturated carbocycles. The third-order valence-electron chi connectivity index (χ3n) is 4.99. The Morgan fingerprint density at radius 3 is 2.33 bits per heavy atom. The number of hydrogen-bond acceptors (Lipinski definition) is 7. The van der Waals surface area contributed by atoms with Crippen molar-refractivity contribution < 1.29 is 23.7 Å². The van der Waals surface area contributed by atoms with Crippen molar-refractivity contribution in [3.63, 3.8) is 0 Å². The Morgan fingerprint density at radius 2 is 1.63 bits per heavy atom. The standard InChI is InChI=1S/C19H19ClN4O5S/c20-13-6-2-3-7-14(13)24-18(21-22-19(24)27)12-10-17(16(26)11-15(12)25)30(28,29)23-8-4-1-5-9-23/h2-3,6-7,10-11,25-26H,1,4-5,8-9H2,(H,22,27). The van der Waals surface area contributed by atoms with Crippen molar-refractivity contribution in [3.8, 4) is 34.6 Å². The van der Waals surface area contributed by atoms with Crippen LogP contribution in [0.15, 0.2) is 41.3 Å². The molecule has 0 bridgehead atoms. The molecule has 2 aromatic carbocycles. The Hall–Kier alpha value is -2.82. The van der Waals surface area contributed by atoms with Crippen LogP contribution in [-0.2, 0) is 10.0 Å². The van der Waals surface area contributed by atoms with E-state index in [1.807, 2.05) is 0 Å². The molecule has 9 nitrogen and oxygen atoms in total. The summed E-state index contributed by atoms with van der Waals surface area (Å²) in [5.41, 5.74) is 0.306. The fraction of sp³-hybridized carbons (Fsp3) is 0.263. The van der Waals surface area contributed by atoms with E-state index in [2.05, 4.69) is 10.2 Å². The third-order valence-corrected chi connectivity index (χ3v) is 7.24. The van der Waals surface area contributed by atoms with E-state index in [0.717, 1.165) is 31.4 Å². The molecule has 4 rings (SSSR count). The second-order valence-corrected chi connectivity index (χ2v) is 9.23. The van der Waals surface area contributed by atoms with Crippen LogP contribution in [0.3, 0.4) is 0 Å². The number of sulfonamides is 1. The first kappa shape index (κ1) is 20.5. The number of hydrogen-bond donors (Lipinski definition) is 3. The van der Waals surface area contributed by atoms with Crippen LogP contribution in [0, 0.1) is 0 Å². The highest BCUT2D eigenvalue weighted by atomic mass is 35.5. The Morgan fingerprint density at radius 1 is 0.933 bits per heavy atom. The summed E-state index contributed by atoms with van der Waals surface area (Å²) in [5, 5.41) is 38.7. The highest BCUT2D eigenvalue weighted by Gasteiger charge is 2.31. The van der Waals surface area contributed by atoms with Gasteiger partial charge < -0.3 is 15.3 Å². The van der Waals surface area contributed by atoms with E-state index >= 15 is 0 Å². The van der Waals surface area contributed by atoms with Crippen molar-refractivity contribution in [2.24, 2.45) is 0 Å². The predicted molar refractivity (Wildman–Crippen MR) is 109 cm³/mol. The summed E-state index contributed by atoms with van der Waals surface area (Å²) in [5.74, 6) is -1.03. The molecule has 11 heteroatoms. The lowest BCUT2D eigenvalue weighted by Gasteiger charge is -2.26.